The standard InChI is InChI=1S/C13H27NO4SSi/c1-13(2,3)18-12(17)14(7-8-20(4,5)6)10(9-19)11(15)16/h10,19H,7-9H2,1-6H3,(H,15,16). The summed E-state index contributed by atoms with van der Waals surface area (Å²) >= 11 is 4.05. The van der Waals surface area contributed by atoms with Crippen LogP contribution in [0.15, 0.2) is 0 Å². The van der Waals surface area contributed by atoms with E-state index in [-0.39, 0.29) is 5.75 Å². The van der Waals surface area contributed by atoms with Crippen molar-refractivity contribution >= 4 is 32.8 Å². The van der Waals surface area contributed by atoms with Crippen LogP contribution in [0.1, 0.15) is 20.8 Å². The molecule has 0 aliphatic carbocycles. The van der Waals surface area contributed by atoms with E-state index in [1.165, 1.54) is 4.90 Å². The number of carbonyl (C=O) groups excluding carboxylic acids is 1. The van der Waals surface area contributed by atoms with Crippen LogP contribution in [0.4, 0.5) is 4.79 Å². The van der Waals surface area contributed by atoms with Gasteiger partial charge in [0, 0.05) is 20.4 Å². The first kappa shape index (κ1) is 19.3. The first-order valence-electron chi connectivity index (χ1n) is 6.70. The van der Waals surface area contributed by atoms with E-state index < -0.39 is 31.8 Å². The highest BCUT2D eigenvalue weighted by Crippen LogP contribution is 2.16. The molecule has 1 atom stereocenters. The first-order valence-corrected chi connectivity index (χ1v) is 11.0. The smallest absolute Gasteiger partial charge is 0.411 e. The van der Waals surface area contributed by atoms with Crippen molar-refractivity contribution in [2.75, 3.05) is 12.3 Å². The molecule has 0 fully saturated rings. The Balaban J connectivity index is 5.04. The fourth-order valence-electron chi connectivity index (χ4n) is 1.46. The van der Waals surface area contributed by atoms with Gasteiger partial charge in [-0.05, 0) is 26.8 Å². The van der Waals surface area contributed by atoms with E-state index in [0.29, 0.717) is 6.54 Å². The van der Waals surface area contributed by atoms with Gasteiger partial charge in [0.25, 0.3) is 0 Å². The van der Waals surface area contributed by atoms with Crippen LogP contribution in [0.2, 0.25) is 25.7 Å². The van der Waals surface area contributed by atoms with E-state index in [4.69, 9.17) is 4.74 Å². The number of hydrogen-bond acceptors (Lipinski definition) is 4. The molecule has 1 unspecified atom stereocenters. The number of hydrogen-bond donors (Lipinski definition) is 2. The second kappa shape index (κ2) is 7.35. The van der Waals surface area contributed by atoms with Crippen LogP contribution in [-0.4, -0.2) is 54.1 Å². The van der Waals surface area contributed by atoms with Crippen LogP contribution in [0, 0.1) is 0 Å². The zero-order valence-electron chi connectivity index (χ0n) is 13.3. The molecule has 5 nitrogen and oxygen atoms in total. The summed E-state index contributed by atoms with van der Waals surface area (Å²) in [6.45, 7) is 12.2. The van der Waals surface area contributed by atoms with Gasteiger partial charge in [0.05, 0.1) is 0 Å². The Morgan fingerprint density at radius 1 is 1.30 bits per heavy atom. The van der Waals surface area contributed by atoms with Crippen molar-refractivity contribution in [3.05, 3.63) is 0 Å². The number of amides is 1. The molecule has 0 aliphatic heterocycles. The van der Waals surface area contributed by atoms with Crippen molar-refractivity contribution < 1.29 is 19.4 Å². The number of carboxylic acids is 1. The molecular formula is C13H27NO4SSi. The van der Waals surface area contributed by atoms with Gasteiger partial charge in [0.1, 0.15) is 11.6 Å². The average Bonchev–Trinajstić information content (AvgIpc) is 2.19. The number of aliphatic carboxylic acids is 1. The Morgan fingerprint density at radius 3 is 2.10 bits per heavy atom. The zero-order chi connectivity index (χ0) is 16.1. The highest BCUT2D eigenvalue weighted by atomic mass is 32.1. The summed E-state index contributed by atoms with van der Waals surface area (Å²) in [5, 5.41) is 9.23. The number of ether oxygens (including phenoxy) is 1. The third-order valence-corrected chi connectivity index (χ3v) is 4.63. The minimum atomic E-state index is -1.39. The van der Waals surface area contributed by atoms with Crippen LogP contribution in [-0.2, 0) is 9.53 Å². The summed E-state index contributed by atoms with van der Waals surface area (Å²) in [6.07, 6.45) is -0.586. The lowest BCUT2D eigenvalue weighted by Gasteiger charge is -2.32. The van der Waals surface area contributed by atoms with Gasteiger partial charge < -0.3 is 9.84 Å². The molecule has 0 heterocycles. The SMILES string of the molecule is CC(C)(C)OC(=O)N(CC[Si](C)(C)C)C(CS)C(=O)O. The summed E-state index contributed by atoms with van der Waals surface area (Å²) in [5.41, 5.74) is -0.645. The Bertz CT molecular complexity index is 349. The van der Waals surface area contributed by atoms with E-state index in [9.17, 15) is 14.7 Å². The van der Waals surface area contributed by atoms with Gasteiger partial charge in [-0.1, -0.05) is 19.6 Å². The third-order valence-electron chi connectivity index (χ3n) is 2.56. The highest BCUT2D eigenvalue weighted by Gasteiger charge is 2.32. The van der Waals surface area contributed by atoms with Crippen molar-refractivity contribution in [3.63, 3.8) is 0 Å². The molecule has 0 saturated heterocycles. The molecule has 0 rings (SSSR count). The molecule has 0 aromatic carbocycles. The van der Waals surface area contributed by atoms with Crippen LogP contribution < -0.4 is 0 Å². The molecule has 0 aromatic rings. The molecule has 0 radical (unpaired) electrons. The molecule has 118 valence electrons. The van der Waals surface area contributed by atoms with Crippen molar-refractivity contribution in [2.24, 2.45) is 0 Å². The van der Waals surface area contributed by atoms with Crippen LogP contribution >= 0.6 is 12.6 Å². The zero-order valence-corrected chi connectivity index (χ0v) is 15.2. The van der Waals surface area contributed by atoms with Crippen LogP contribution in [0.3, 0.4) is 0 Å². The minimum absolute atomic E-state index is 0.0697. The molecule has 0 bridgehead atoms. The predicted octanol–water partition coefficient (Wildman–Crippen LogP) is 2.94. The van der Waals surface area contributed by atoms with Gasteiger partial charge in [-0.25, -0.2) is 9.59 Å². The Hall–Kier alpha value is -0.693. The average molecular weight is 322 g/mol. The van der Waals surface area contributed by atoms with Gasteiger partial charge in [0.15, 0.2) is 0 Å². The van der Waals surface area contributed by atoms with E-state index in [1.807, 2.05) is 0 Å². The minimum Gasteiger partial charge on any atom is -0.480 e. The maximum absolute atomic E-state index is 12.2. The Labute approximate surface area is 128 Å². The summed E-state index contributed by atoms with van der Waals surface area (Å²) in [5.74, 6) is -0.985. The fraction of sp³-hybridized carbons (Fsp3) is 0.846. The Kier molecular flexibility index (Phi) is 7.10. The first-order chi connectivity index (χ1) is 8.87. The Morgan fingerprint density at radius 2 is 1.80 bits per heavy atom. The van der Waals surface area contributed by atoms with Crippen molar-refractivity contribution in [1.82, 2.24) is 4.90 Å². The second-order valence-electron chi connectivity index (χ2n) is 7.02. The van der Waals surface area contributed by atoms with Gasteiger partial charge in [0.2, 0.25) is 0 Å². The monoisotopic (exact) mass is 321 g/mol. The molecule has 1 N–H and O–H groups in total. The summed E-state index contributed by atoms with van der Waals surface area (Å²) in [6, 6.07) is -0.131. The fourth-order valence-corrected chi connectivity index (χ4v) is 2.73. The summed E-state index contributed by atoms with van der Waals surface area (Å²) in [4.78, 5) is 24.8. The van der Waals surface area contributed by atoms with E-state index >= 15 is 0 Å². The normalized spacial score (nSPS) is 13.8. The van der Waals surface area contributed by atoms with Gasteiger partial charge in [-0.3, -0.25) is 4.90 Å². The van der Waals surface area contributed by atoms with E-state index in [1.54, 1.807) is 20.8 Å². The van der Waals surface area contributed by atoms with E-state index in [0.717, 1.165) is 6.04 Å². The lowest BCUT2D eigenvalue weighted by molar-refractivity contribution is -0.142. The number of carbonyl (C=O) groups is 2. The van der Waals surface area contributed by atoms with Crippen molar-refractivity contribution in [1.29, 1.82) is 0 Å². The molecule has 1 amide bonds. The predicted molar refractivity (Wildman–Crippen MR) is 86.4 cm³/mol. The lowest BCUT2D eigenvalue weighted by Crippen LogP contribution is -2.49. The van der Waals surface area contributed by atoms with E-state index in [2.05, 4.69) is 32.3 Å². The number of thiol groups is 1. The molecule has 0 aliphatic rings. The molecule has 0 spiro atoms. The molecular weight excluding hydrogens is 294 g/mol. The topological polar surface area (TPSA) is 66.8 Å². The van der Waals surface area contributed by atoms with Crippen molar-refractivity contribution in [2.45, 2.75) is 58.1 Å². The molecule has 0 saturated carbocycles. The highest BCUT2D eigenvalue weighted by molar-refractivity contribution is 7.80. The van der Waals surface area contributed by atoms with Crippen molar-refractivity contribution in [3.8, 4) is 0 Å². The molecule has 0 aromatic heterocycles. The quantitative estimate of drug-likeness (QED) is 0.583. The number of nitrogens with zero attached hydrogens (tertiary/aromatic N) is 1. The second-order valence-corrected chi connectivity index (χ2v) is 13.0. The molecule has 20 heavy (non-hydrogen) atoms. The maximum Gasteiger partial charge on any atom is 0.411 e. The maximum atomic E-state index is 12.2. The summed E-state index contributed by atoms with van der Waals surface area (Å²) in [7, 11) is -1.39. The summed E-state index contributed by atoms with van der Waals surface area (Å²) < 4.78 is 5.30. The van der Waals surface area contributed by atoms with Gasteiger partial charge in [-0.2, -0.15) is 12.6 Å². The largest absolute Gasteiger partial charge is 0.480 e. The van der Waals surface area contributed by atoms with Crippen LogP contribution in [0.25, 0.3) is 0 Å². The number of rotatable bonds is 6. The molecule has 7 heteroatoms. The lowest BCUT2D eigenvalue weighted by atomic mass is 10.2. The van der Waals surface area contributed by atoms with Crippen LogP contribution in [0.5, 0.6) is 0 Å². The van der Waals surface area contributed by atoms with Gasteiger partial charge >= 0.3 is 12.1 Å². The number of carboxylic acid groups (broad SMARTS) is 1. The third kappa shape index (κ3) is 7.79. The van der Waals surface area contributed by atoms with Gasteiger partial charge in [-0.15, -0.1) is 0 Å².